The molecule has 0 heterocycles. The van der Waals surface area contributed by atoms with Crippen LogP contribution in [0, 0.1) is 0 Å². The average Bonchev–Trinajstić information content (AvgIpc) is 3.25. The summed E-state index contributed by atoms with van der Waals surface area (Å²) in [5.74, 6) is -0.202. The molecule has 0 spiro atoms. The van der Waals surface area contributed by atoms with Crippen molar-refractivity contribution < 1.29 is 28.4 Å². The number of carbonyl (C=O) groups is 1. The van der Waals surface area contributed by atoms with Gasteiger partial charge in [0.2, 0.25) is 5.91 Å². The summed E-state index contributed by atoms with van der Waals surface area (Å²) in [5, 5.41) is 13.7. The van der Waals surface area contributed by atoms with Crippen LogP contribution in [0.4, 0.5) is 0 Å². The van der Waals surface area contributed by atoms with Gasteiger partial charge in [0.05, 0.1) is 25.4 Å². The van der Waals surface area contributed by atoms with E-state index in [0.717, 1.165) is 38.5 Å². The fraction of sp³-hybridized carbons (Fsp3) is 0.865. The quantitative estimate of drug-likeness (QED) is 0.0272. The molecule has 0 aliphatic carbocycles. The Kier molecular flexibility index (Phi) is 47.2. The van der Waals surface area contributed by atoms with Gasteiger partial charge in [-0.15, -0.1) is 0 Å². The Hall–Kier alpha value is -1.28. The molecule has 9 heteroatoms. The predicted octanol–water partition coefficient (Wildman–Crippen LogP) is 15.5. The number of aliphatic hydroxyl groups excluding tert-OH is 1. The first-order valence-electron chi connectivity index (χ1n) is 26.1. The van der Waals surface area contributed by atoms with E-state index in [-0.39, 0.29) is 25.7 Å². The zero-order valence-corrected chi connectivity index (χ0v) is 41.1. The molecule has 0 aromatic heterocycles. The molecule has 3 atom stereocenters. The fourth-order valence-electron chi connectivity index (χ4n) is 7.73. The number of aliphatic hydroxyl groups is 1. The van der Waals surface area contributed by atoms with Crippen molar-refractivity contribution in [3.05, 3.63) is 36.5 Å². The van der Waals surface area contributed by atoms with E-state index < -0.39 is 20.0 Å². The molecule has 0 rings (SSSR count). The second-order valence-corrected chi connectivity index (χ2v) is 19.2. The minimum absolute atomic E-state index is 0.0744. The number of phosphoric acid groups is 1. The van der Waals surface area contributed by atoms with E-state index in [0.29, 0.717) is 6.42 Å². The maximum absolute atomic E-state index is 12.8. The standard InChI is InChI=1S/C52H101N2O6P/c1-3-5-7-9-11-13-15-17-19-21-23-24-25-26-28-30-32-34-36-38-40-42-44-46-52(56)54-50(49-60-61(57,58)59-48-47-53)51(55)45-43-41-39-37-35-33-31-29-27-22-20-18-16-14-12-10-8-6-4-2/h21,23,35,37,43,45,50-51,55H,3-20,22,24-34,36,38-42,44,46-49,53H2,1-2H3,(H,54,56)(H,57,58)/b23-21-,37-35+,45-43+. The van der Waals surface area contributed by atoms with E-state index in [1.807, 2.05) is 6.08 Å². The van der Waals surface area contributed by atoms with Crippen LogP contribution in [0.25, 0.3) is 0 Å². The summed E-state index contributed by atoms with van der Waals surface area (Å²) in [6, 6.07) is -0.877. The summed E-state index contributed by atoms with van der Waals surface area (Å²) in [6.45, 7) is 4.14. The van der Waals surface area contributed by atoms with Crippen LogP contribution in [0.2, 0.25) is 0 Å². The lowest BCUT2D eigenvalue weighted by atomic mass is 10.0. The van der Waals surface area contributed by atoms with Gasteiger partial charge in [-0.05, 0) is 57.8 Å². The molecule has 5 N–H and O–H groups in total. The van der Waals surface area contributed by atoms with E-state index in [1.54, 1.807) is 6.08 Å². The predicted molar refractivity (Wildman–Crippen MR) is 263 cm³/mol. The first-order chi connectivity index (χ1) is 29.9. The van der Waals surface area contributed by atoms with Crippen LogP contribution in [0.1, 0.15) is 258 Å². The van der Waals surface area contributed by atoms with Gasteiger partial charge < -0.3 is 21.1 Å². The fourth-order valence-corrected chi connectivity index (χ4v) is 8.49. The zero-order valence-electron chi connectivity index (χ0n) is 40.2. The molecular weight excluding hydrogens is 780 g/mol. The van der Waals surface area contributed by atoms with Gasteiger partial charge in [-0.1, -0.05) is 230 Å². The minimum atomic E-state index is -4.35. The number of rotatable bonds is 49. The van der Waals surface area contributed by atoms with Gasteiger partial charge in [0.15, 0.2) is 0 Å². The third kappa shape index (κ3) is 46.5. The van der Waals surface area contributed by atoms with E-state index in [1.165, 1.54) is 199 Å². The zero-order chi connectivity index (χ0) is 44.6. The summed E-state index contributed by atoms with van der Waals surface area (Å²) in [5.41, 5.74) is 5.39. The van der Waals surface area contributed by atoms with Crippen molar-refractivity contribution in [2.45, 2.75) is 270 Å². The highest BCUT2D eigenvalue weighted by Gasteiger charge is 2.26. The highest BCUT2D eigenvalue weighted by Crippen LogP contribution is 2.43. The Morgan fingerprint density at radius 1 is 0.525 bits per heavy atom. The molecule has 0 aromatic rings. The molecule has 3 unspecified atom stereocenters. The van der Waals surface area contributed by atoms with Crippen molar-refractivity contribution in [1.82, 2.24) is 5.32 Å². The smallest absolute Gasteiger partial charge is 0.387 e. The highest BCUT2D eigenvalue weighted by atomic mass is 31.2. The lowest BCUT2D eigenvalue weighted by molar-refractivity contribution is -0.123. The number of hydrogen-bond acceptors (Lipinski definition) is 6. The van der Waals surface area contributed by atoms with Crippen molar-refractivity contribution >= 4 is 13.7 Å². The topological polar surface area (TPSA) is 131 Å². The van der Waals surface area contributed by atoms with Crippen molar-refractivity contribution in [3.63, 3.8) is 0 Å². The van der Waals surface area contributed by atoms with Crippen LogP contribution in [0.15, 0.2) is 36.5 Å². The lowest BCUT2D eigenvalue weighted by Crippen LogP contribution is -2.45. The van der Waals surface area contributed by atoms with Crippen LogP contribution in [0.3, 0.4) is 0 Å². The van der Waals surface area contributed by atoms with E-state index in [9.17, 15) is 19.4 Å². The molecule has 61 heavy (non-hydrogen) atoms. The third-order valence-electron chi connectivity index (χ3n) is 11.7. The van der Waals surface area contributed by atoms with Crippen molar-refractivity contribution in [1.29, 1.82) is 0 Å². The van der Waals surface area contributed by atoms with Gasteiger partial charge in [0.25, 0.3) is 0 Å². The number of allylic oxidation sites excluding steroid dienone is 5. The Labute approximate surface area is 378 Å². The van der Waals surface area contributed by atoms with E-state index in [4.69, 9.17) is 14.8 Å². The molecule has 0 radical (unpaired) electrons. The second kappa shape index (κ2) is 48.2. The van der Waals surface area contributed by atoms with E-state index in [2.05, 4.69) is 43.5 Å². The lowest BCUT2D eigenvalue weighted by Gasteiger charge is -2.23. The van der Waals surface area contributed by atoms with Gasteiger partial charge in [-0.2, -0.15) is 0 Å². The van der Waals surface area contributed by atoms with Crippen LogP contribution in [-0.4, -0.2) is 47.8 Å². The molecule has 0 bridgehead atoms. The Balaban J connectivity index is 4.10. The van der Waals surface area contributed by atoms with E-state index >= 15 is 0 Å². The summed E-state index contributed by atoms with van der Waals surface area (Å²) >= 11 is 0. The average molecular weight is 881 g/mol. The van der Waals surface area contributed by atoms with Gasteiger partial charge >= 0.3 is 7.82 Å². The number of hydrogen-bond donors (Lipinski definition) is 4. The molecule has 1 amide bonds. The number of amides is 1. The van der Waals surface area contributed by atoms with Crippen LogP contribution >= 0.6 is 7.82 Å². The summed E-state index contributed by atoms with van der Waals surface area (Å²) in [6.07, 6.45) is 59.3. The van der Waals surface area contributed by atoms with Crippen LogP contribution < -0.4 is 11.1 Å². The molecule has 0 saturated carbocycles. The first-order valence-corrected chi connectivity index (χ1v) is 27.6. The molecule has 0 aromatic carbocycles. The van der Waals surface area contributed by atoms with Crippen molar-refractivity contribution in [2.75, 3.05) is 19.8 Å². The molecule has 0 aliphatic rings. The normalized spacial score (nSPS) is 14.1. The molecule has 0 aliphatic heterocycles. The summed E-state index contributed by atoms with van der Waals surface area (Å²) in [7, 11) is -4.35. The van der Waals surface area contributed by atoms with Gasteiger partial charge in [-0.3, -0.25) is 13.8 Å². The molecular formula is C52H101N2O6P. The third-order valence-corrected chi connectivity index (χ3v) is 12.7. The number of nitrogens with two attached hydrogens (primary N) is 1. The molecule has 0 saturated heterocycles. The number of carbonyl (C=O) groups excluding carboxylic acids is 1. The monoisotopic (exact) mass is 881 g/mol. The second-order valence-electron chi connectivity index (χ2n) is 17.7. The van der Waals surface area contributed by atoms with Crippen LogP contribution in [-0.2, 0) is 18.4 Å². The Morgan fingerprint density at radius 2 is 0.869 bits per heavy atom. The van der Waals surface area contributed by atoms with Crippen molar-refractivity contribution in [2.24, 2.45) is 5.73 Å². The number of unbranched alkanes of at least 4 members (excludes halogenated alkanes) is 33. The number of nitrogens with one attached hydrogen (secondary N) is 1. The highest BCUT2D eigenvalue weighted by molar-refractivity contribution is 7.47. The Bertz CT molecular complexity index is 1050. The maximum Gasteiger partial charge on any atom is 0.472 e. The summed E-state index contributed by atoms with van der Waals surface area (Å²) < 4.78 is 22.2. The maximum atomic E-state index is 12.8. The van der Waals surface area contributed by atoms with Crippen molar-refractivity contribution in [3.8, 4) is 0 Å². The molecule has 360 valence electrons. The van der Waals surface area contributed by atoms with Crippen LogP contribution in [0.5, 0.6) is 0 Å². The van der Waals surface area contributed by atoms with Gasteiger partial charge in [-0.25, -0.2) is 4.57 Å². The van der Waals surface area contributed by atoms with Gasteiger partial charge in [0, 0.05) is 13.0 Å². The Morgan fingerprint density at radius 3 is 1.26 bits per heavy atom. The summed E-state index contributed by atoms with van der Waals surface area (Å²) in [4.78, 5) is 22.8. The number of phosphoric ester groups is 1. The minimum Gasteiger partial charge on any atom is -0.387 e. The van der Waals surface area contributed by atoms with Gasteiger partial charge in [0.1, 0.15) is 0 Å². The molecule has 0 fully saturated rings. The SMILES string of the molecule is CCCCCCCCCC/C=C\CCCCCCCCCCCCCC(=O)NC(COP(=O)(O)OCCN)C(O)/C=C/CC/C=C/CCCCCCCCCCCCCCC. The first kappa shape index (κ1) is 59.7. The molecule has 8 nitrogen and oxygen atoms in total. The largest absolute Gasteiger partial charge is 0.472 e.